The average Bonchev–Trinajstić information content (AvgIpc) is 2.42. The molecule has 1 aromatic carbocycles. The molecule has 2 rings (SSSR count). The summed E-state index contributed by atoms with van der Waals surface area (Å²) in [5.41, 5.74) is 0.541. The van der Waals surface area contributed by atoms with Crippen molar-refractivity contribution in [2.24, 2.45) is 0 Å². The molecule has 0 aliphatic rings. The molecule has 0 atom stereocenters. The van der Waals surface area contributed by atoms with Crippen molar-refractivity contribution in [3.05, 3.63) is 61.9 Å². The predicted molar refractivity (Wildman–Crippen MR) is 80.8 cm³/mol. The number of nitrogens with one attached hydrogen (secondary N) is 2. The zero-order valence-electron chi connectivity index (χ0n) is 11.4. The number of carbonyl (C=O) groups excluding carboxylic acids is 1. The van der Waals surface area contributed by atoms with Crippen LogP contribution in [-0.2, 0) is 11.3 Å². The number of amides is 1. The molecule has 0 radical (unpaired) electrons. The normalized spacial score (nSPS) is 10.4. The highest BCUT2D eigenvalue weighted by atomic mass is 35.5. The Bertz CT molecular complexity index is 780. The summed E-state index contributed by atoms with van der Waals surface area (Å²) in [6.45, 7) is 2.04. The number of anilines is 1. The van der Waals surface area contributed by atoms with Crippen LogP contribution in [0, 0.1) is 6.92 Å². The largest absolute Gasteiger partial charge is 0.328 e. The van der Waals surface area contributed by atoms with E-state index < -0.39 is 11.2 Å². The van der Waals surface area contributed by atoms with E-state index in [0.29, 0.717) is 10.7 Å². The number of aromatic amines is 1. The molecule has 2 N–H and O–H groups in total. The molecule has 0 aliphatic heterocycles. The van der Waals surface area contributed by atoms with Gasteiger partial charge in [0.1, 0.15) is 0 Å². The number of hydrogen-bond acceptors (Lipinski definition) is 3. The van der Waals surface area contributed by atoms with Gasteiger partial charge in [0, 0.05) is 35.9 Å². The Morgan fingerprint density at radius 1 is 1.33 bits per heavy atom. The van der Waals surface area contributed by atoms with E-state index in [4.69, 9.17) is 11.6 Å². The highest BCUT2D eigenvalue weighted by Crippen LogP contribution is 2.20. The first-order valence-corrected chi connectivity index (χ1v) is 6.69. The Balaban J connectivity index is 2.00. The summed E-state index contributed by atoms with van der Waals surface area (Å²) in [7, 11) is 0. The first kappa shape index (κ1) is 15.1. The van der Waals surface area contributed by atoms with Crippen LogP contribution in [0.25, 0.3) is 0 Å². The van der Waals surface area contributed by atoms with E-state index in [0.717, 1.165) is 5.56 Å². The number of nitrogens with zero attached hydrogens (tertiary/aromatic N) is 1. The van der Waals surface area contributed by atoms with Crippen LogP contribution in [0.15, 0.2) is 40.1 Å². The van der Waals surface area contributed by atoms with Crippen LogP contribution < -0.4 is 16.6 Å². The number of benzene rings is 1. The molecule has 21 heavy (non-hydrogen) atoms. The van der Waals surface area contributed by atoms with Crippen molar-refractivity contribution in [3.8, 4) is 0 Å². The van der Waals surface area contributed by atoms with Gasteiger partial charge in [0.2, 0.25) is 5.91 Å². The van der Waals surface area contributed by atoms with E-state index in [9.17, 15) is 14.4 Å². The lowest BCUT2D eigenvalue weighted by Crippen LogP contribution is -2.29. The predicted octanol–water partition coefficient (Wildman–Crippen LogP) is 1.53. The van der Waals surface area contributed by atoms with Crippen LogP contribution in [-0.4, -0.2) is 15.5 Å². The van der Waals surface area contributed by atoms with Crippen molar-refractivity contribution in [2.45, 2.75) is 19.9 Å². The van der Waals surface area contributed by atoms with Gasteiger partial charge in [0.25, 0.3) is 5.56 Å². The van der Waals surface area contributed by atoms with Crippen molar-refractivity contribution < 1.29 is 4.79 Å². The van der Waals surface area contributed by atoms with E-state index in [-0.39, 0.29) is 18.9 Å². The average molecular weight is 308 g/mol. The molecule has 0 unspecified atom stereocenters. The molecule has 0 saturated carbocycles. The van der Waals surface area contributed by atoms with Gasteiger partial charge in [0.05, 0.1) is 0 Å². The summed E-state index contributed by atoms with van der Waals surface area (Å²) in [5.74, 6) is -0.238. The maximum Gasteiger partial charge on any atom is 0.328 e. The molecule has 0 bridgehead atoms. The minimum Gasteiger partial charge on any atom is -0.326 e. The summed E-state index contributed by atoms with van der Waals surface area (Å²) in [6, 6.07) is 6.46. The van der Waals surface area contributed by atoms with Crippen molar-refractivity contribution in [1.82, 2.24) is 9.55 Å². The van der Waals surface area contributed by atoms with Crippen LogP contribution in [0.3, 0.4) is 0 Å². The Morgan fingerprint density at radius 3 is 2.81 bits per heavy atom. The van der Waals surface area contributed by atoms with Gasteiger partial charge in [-0.1, -0.05) is 17.7 Å². The van der Waals surface area contributed by atoms with Crippen molar-refractivity contribution in [3.63, 3.8) is 0 Å². The topological polar surface area (TPSA) is 84.0 Å². The van der Waals surface area contributed by atoms with Crippen LogP contribution >= 0.6 is 11.6 Å². The number of carbonyl (C=O) groups is 1. The fourth-order valence-electron chi connectivity index (χ4n) is 1.78. The minimum absolute atomic E-state index is 0.109. The van der Waals surface area contributed by atoms with E-state index in [1.54, 1.807) is 12.1 Å². The van der Waals surface area contributed by atoms with Gasteiger partial charge in [-0.15, -0.1) is 0 Å². The van der Waals surface area contributed by atoms with Crippen molar-refractivity contribution in [2.75, 3.05) is 5.32 Å². The summed E-state index contributed by atoms with van der Waals surface area (Å²) >= 11 is 5.88. The zero-order chi connectivity index (χ0) is 15.4. The van der Waals surface area contributed by atoms with Crippen LogP contribution in [0.4, 0.5) is 5.69 Å². The van der Waals surface area contributed by atoms with Crippen LogP contribution in [0.1, 0.15) is 12.0 Å². The first-order chi connectivity index (χ1) is 9.95. The molecule has 7 heteroatoms. The van der Waals surface area contributed by atoms with Crippen LogP contribution in [0.2, 0.25) is 5.02 Å². The highest BCUT2D eigenvalue weighted by molar-refractivity contribution is 6.31. The van der Waals surface area contributed by atoms with Crippen LogP contribution in [0.5, 0.6) is 0 Å². The second-order valence-electron chi connectivity index (χ2n) is 4.56. The fourth-order valence-corrected chi connectivity index (χ4v) is 1.96. The highest BCUT2D eigenvalue weighted by Gasteiger charge is 2.06. The molecule has 1 aromatic heterocycles. The lowest BCUT2D eigenvalue weighted by molar-refractivity contribution is -0.116. The van der Waals surface area contributed by atoms with E-state index in [2.05, 4.69) is 10.3 Å². The quantitative estimate of drug-likeness (QED) is 0.898. The van der Waals surface area contributed by atoms with Gasteiger partial charge in [-0.2, -0.15) is 0 Å². The summed E-state index contributed by atoms with van der Waals surface area (Å²) in [4.78, 5) is 36.4. The number of hydrogen-bond donors (Lipinski definition) is 2. The minimum atomic E-state index is -0.533. The van der Waals surface area contributed by atoms with Crippen molar-refractivity contribution >= 4 is 23.2 Å². The maximum absolute atomic E-state index is 11.9. The second kappa shape index (κ2) is 6.41. The molecular formula is C14H14ClN3O3. The lowest BCUT2D eigenvalue weighted by Gasteiger charge is -2.09. The first-order valence-electron chi connectivity index (χ1n) is 6.31. The molecule has 0 spiro atoms. The van der Waals surface area contributed by atoms with E-state index >= 15 is 0 Å². The van der Waals surface area contributed by atoms with Gasteiger partial charge >= 0.3 is 5.69 Å². The summed E-state index contributed by atoms with van der Waals surface area (Å²) < 4.78 is 1.27. The third-order valence-electron chi connectivity index (χ3n) is 2.95. The number of aryl methyl sites for hydroxylation is 2. The van der Waals surface area contributed by atoms with Gasteiger partial charge in [-0.3, -0.25) is 14.6 Å². The van der Waals surface area contributed by atoms with Gasteiger partial charge in [-0.05, 0) is 24.6 Å². The van der Waals surface area contributed by atoms with E-state index in [1.165, 1.54) is 16.8 Å². The Kier molecular flexibility index (Phi) is 4.59. The molecule has 0 saturated heterocycles. The fraction of sp³-hybridized carbons (Fsp3) is 0.214. The number of aromatic nitrogens is 2. The smallest absolute Gasteiger partial charge is 0.326 e. The van der Waals surface area contributed by atoms with E-state index in [1.807, 2.05) is 13.0 Å². The zero-order valence-corrected chi connectivity index (χ0v) is 12.1. The van der Waals surface area contributed by atoms with Gasteiger partial charge < -0.3 is 9.88 Å². The third kappa shape index (κ3) is 4.06. The summed E-state index contributed by atoms with van der Waals surface area (Å²) in [6.07, 6.45) is 1.47. The molecule has 0 fully saturated rings. The maximum atomic E-state index is 11.9. The monoisotopic (exact) mass is 307 g/mol. The van der Waals surface area contributed by atoms with Gasteiger partial charge in [0.15, 0.2) is 0 Å². The molecule has 1 amide bonds. The second-order valence-corrected chi connectivity index (χ2v) is 5.00. The van der Waals surface area contributed by atoms with Gasteiger partial charge in [-0.25, -0.2) is 4.79 Å². The summed E-state index contributed by atoms with van der Waals surface area (Å²) in [5, 5.41) is 3.28. The van der Waals surface area contributed by atoms with Crippen molar-refractivity contribution in [1.29, 1.82) is 0 Å². The standard InChI is InChI=1S/C14H14ClN3O3/c1-9-2-3-10(15)8-11(9)16-12(19)4-6-18-7-5-13(20)17-14(18)21/h2-3,5,7-8H,4,6H2,1H3,(H,16,19)(H,17,20,21). The number of rotatable bonds is 4. The number of H-pyrrole nitrogens is 1. The Labute approximate surface area is 125 Å². The molecular weight excluding hydrogens is 294 g/mol. The molecule has 110 valence electrons. The SMILES string of the molecule is Cc1ccc(Cl)cc1NC(=O)CCn1ccc(=O)[nH]c1=O. The Morgan fingerprint density at radius 2 is 2.10 bits per heavy atom. The molecule has 0 aliphatic carbocycles. The molecule has 2 aromatic rings. The number of halogens is 1. The lowest BCUT2D eigenvalue weighted by atomic mass is 10.2. The molecule has 1 heterocycles. The Hall–Kier alpha value is -2.34. The molecule has 6 nitrogen and oxygen atoms in total. The third-order valence-corrected chi connectivity index (χ3v) is 3.19.